The van der Waals surface area contributed by atoms with Crippen molar-refractivity contribution >= 4 is 5.91 Å². The molecule has 0 aromatic heterocycles. The van der Waals surface area contributed by atoms with E-state index in [0.717, 1.165) is 38.9 Å². The van der Waals surface area contributed by atoms with Gasteiger partial charge < -0.3 is 15.8 Å². The van der Waals surface area contributed by atoms with E-state index in [4.69, 9.17) is 10.5 Å². The van der Waals surface area contributed by atoms with Gasteiger partial charge in [-0.15, -0.1) is 0 Å². The Kier molecular flexibility index (Phi) is 5.04. The lowest BCUT2D eigenvalue weighted by Gasteiger charge is -2.42. The predicted octanol–water partition coefficient (Wildman–Crippen LogP) is 0.729. The molecule has 2 aliphatic rings. The zero-order valence-electron chi connectivity index (χ0n) is 13.0. The van der Waals surface area contributed by atoms with Crippen molar-refractivity contribution in [1.29, 1.82) is 0 Å². The first-order valence-corrected chi connectivity index (χ1v) is 7.90. The maximum Gasteiger partial charge on any atom is 0.239 e. The topological polar surface area (TPSA) is 67.6 Å². The van der Waals surface area contributed by atoms with Gasteiger partial charge in [0.1, 0.15) is 5.54 Å². The van der Waals surface area contributed by atoms with Gasteiger partial charge in [-0.05, 0) is 45.6 Å². The second-order valence-electron chi connectivity index (χ2n) is 6.49. The van der Waals surface area contributed by atoms with Crippen LogP contribution in [-0.2, 0) is 9.53 Å². The van der Waals surface area contributed by atoms with Crippen LogP contribution in [0, 0.1) is 5.92 Å². The van der Waals surface area contributed by atoms with Gasteiger partial charge in [-0.25, -0.2) is 0 Å². The first-order valence-electron chi connectivity index (χ1n) is 7.90. The van der Waals surface area contributed by atoms with E-state index >= 15 is 0 Å². The van der Waals surface area contributed by atoms with Gasteiger partial charge in [-0.3, -0.25) is 9.69 Å². The third-order valence-corrected chi connectivity index (χ3v) is 4.37. The van der Waals surface area contributed by atoms with Crippen LogP contribution in [0.5, 0.6) is 0 Å². The Balaban J connectivity index is 2.08. The van der Waals surface area contributed by atoms with Crippen molar-refractivity contribution < 1.29 is 9.53 Å². The summed E-state index contributed by atoms with van der Waals surface area (Å²) in [5.41, 5.74) is 5.23. The van der Waals surface area contributed by atoms with Gasteiger partial charge >= 0.3 is 0 Å². The van der Waals surface area contributed by atoms with Gasteiger partial charge in [0.15, 0.2) is 0 Å². The molecule has 3 atom stereocenters. The van der Waals surface area contributed by atoms with E-state index in [1.54, 1.807) is 0 Å². The Hall–Kier alpha value is -0.650. The molecule has 5 heteroatoms. The van der Waals surface area contributed by atoms with E-state index in [0.29, 0.717) is 12.5 Å². The number of rotatable bonds is 7. The Morgan fingerprint density at radius 3 is 2.40 bits per heavy atom. The number of hydrogen-bond donors (Lipinski definition) is 2. The highest BCUT2D eigenvalue weighted by Crippen LogP contribution is 2.40. The average molecular weight is 283 g/mol. The van der Waals surface area contributed by atoms with Crippen LogP contribution in [0.15, 0.2) is 0 Å². The zero-order chi connectivity index (χ0) is 14.8. The largest absolute Gasteiger partial charge is 0.373 e. The van der Waals surface area contributed by atoms with Crippen molar-refractivity contribution in [2.45, 2.75) is 57.8 Å². The molecule has 116 valence electrons. The number of hydrogen-bond acceptors (Lipinski definition) is 4. The Morgan fingerprint density at radius 2 is 1.95 bits per heavy atom. The summed E-state index contributed by atoms with van der Waals surface area (Å²) in [5, 5.41) is 3.46. The lowest BCUT2D eigenvalue weighted by Crippen LogP contribution is -2.65. The fraction of sp³-hybridized carbons (Fsp3) is 0.933. The van der Waals surface area contributed by atoms with Crippen molar-refractivity contribution in [2.75, 3.05) is 26.2 Å². The van der Waals surface area contributed by atoms with E-state index in [-0.39, 0.29) is 18.1 Å². The highest BCUT2D eigenvalue weighted by atomic mass is 16.5. The maximum atomic E-state index is 12.1. The van der Waals surface area contributed by atoms with Crippen molar-refractivity contribution in [1.82, 2.24) is 10.2 Å². The summed E-state index contributed by atoms with van der Waals surface area (Å²) in [6, 6.07) is 0. The van der Waals surface area contributed by atoms with Crippen LogP contribution in [0.25, 0.3) is 0 Å². The molecule has 0 aromatic rings. The van der Waals surface area contributed by atoms with Gasteiger partial charge in [0.05, 0.1) is 12.2 Å². The molecule has 1 saturated heterocycles. The molecule has 3 N–H and O–H groups in total. The standard InChI is InChI=1S/C15H29N3O2/c1-4-7-17-15(14(16)19,13-5-6-13)10-18-8-11(2)20-12(3)9-18/h11-13,17H,4-10H2,1-3H3,(H2,16,19). The highest BCUT2D eigenvalue weighted by molar-refractivity contribution is 5.86. The quantitative estimate of drug-likeness (QED) is 0.723. The van der Waals surface area contributed by atoms with Crippen LogP contribution >= 0.6 is 0 Å². The fourth-order valence-electron chi connectivity index (χ4n) is 3.39. The van der Waals surface area contributed by atoms with Crippen LogP contribution in [0.3, 0.4) is 0 Å². The molecular weight excluding hydrogens is 254 g/mol. The third-order valence-electron chi connectivity index (χ3n) is 4.37. The Labute approximate surface area is 122 Å². The van der Waals surface area contributed by atoms with E-state index in [9.17, 15) is 4.79 Å². The number of nitrogens with zero attached hydrogens (tertiary/aromatic N) is 1. The summed E-state index contributed by atoms with van der Waals surface area (Å²) in [5.74, 6) is 0.209. The van der Waals surface area contributed by atoms with Crippen LogP contribution in [0.1, 0.15) is 40.0 Å². The molecule has 0 spiro atoms. The minimum Gasteiger partial charge on any atom is -0.373 e. The molecule has 3 unspecified atom stereocenters. The average Bonchev–Trinajstić information content (AvgIpc) is 3.17. The van der Waals surface area contributed by atoms with Crippen LogP contribution < -0.4 is 11.1 Å². The first-order chi connectivity index (χ1) is 9.48. The molecule has 2 rings (SSSR count). The Morgan fingerprint density at radius 1 is 1.35 bits per heavy atom. The molecule has 20 heavy (non-hydrogen) atoms. The van der Waals surface area contributed by atoms with Gasteiger partial charge in [-0.1, -0.05) is 6.92 Å². The van der Waals surface area contributed by atoms with Gasteiger partial charge in [0.2, 0.25) is 5.91 Å². The van der Waals surface area contributed by atoms with Crippen LogP contribution in [0.4, 0.5) is 0 Å². The first kappa shape index (κ1) is 15.7. The molecule has 1 aliphatic carbocycles. The minimum atomic E-state index is -0.549. The van der Waals surface area contributed by atoms with Crippen LogP contribution in [0.2, 0.25) is 0 Å². The summed E-state index contributed by atoms with van der Waals surface area (Å²) >= 11 is 0. The van der Waals surface area contributed by atoms with Gasteiger partial charge in [-0.2, -0.15) is 0 Å². The smallest absolute Gasteiger partial charge is 0.239 e. The summed E-state index contributed by atoms with van der Waals surface area (Å²) in [6.45, 7) is 9.60. The molecule has 1 amide bonds. The number of amides is 1. The molecule has 2 fully saturated rings. The summed E-state index contributed by atoms with van der Waals surface area (Å²) in [6.07, 6.45) is 3.66. The molecule has 0 aromatic carbocycles. The highest BCUT2D eigenvalue weighted by Gasteiger charge is 2.50. The minimum absolute atomic E-state index is 0.194. The molecule has 0 bridgehead atoms. The van der Waals surface area contributed by atoms with Crippen molar-refractivity contribution in [3.05, 3.63) is 0 Å². The number of ether oxygens (including phenoxy) is 1. The second kappa shape index (κ2) is 6.41. The van der Waals surface area contributed by atoms with Crippen molar-refractivity contribution in [3.63, 3.8) is 0 Å². The summed E-state index contributed by atoms with van der Waals surface area (Å²) in [4.78, 5) is 14.5. The number of nitrogens with two attached hydrogens (primary N) is 1. The van der Waals surface area contributed by atoms with Crippen LogP contribution in [-0.4, -0.2) is 54.7 Å². The van der Waals surface area contributed by atoms with Crippen molar-refractivity contribution in [3.8, 4) is 0 Å². The lowest BCUT2D eigenvalue weighted by molar-refractivity contribution is -0.128. The lowest BCUT2D eigenvalue weighted by atomic mass is 9.90. The fourth-order valence-corrected chi connectivity index (χ4v) is 3.39. The monoisotopic (exact) mass is 283 g/mol. The third kappa shape index (κ3) is 3.51. The normalized spacial score (nSPS) is 30.9. The Bertz CT molecular complexity index is 336. The van der Waals surface area contributed by atoms with Crippen molar-refractivity contribution in [2.24, 2.45) is 11.7 Å². The summed E-state index contributed by atoms with van der Waals surface area (Å²) < 4.78 is 5.77. The van der Waals surface area contributed by atoms with E-state index in [1.807, 2.05) is 0 Å². The number of carbonyl (C=O) groups is 1. The van der Waals surface area contributed by atoms with E-state index < -0.39 is 5.54 Å². The molecule has 1 heterocycles. The number of morpholine rings is 1. The molecule has 1 aliphatic heterocycles. The van der Waals surface area contributed by atoms with Gasteiger partial charge in [0, 0.05) is 19.6 Å². The van der Waals surface area contributed by atoms with E-state index in [2.05, 4.69) is 31.0 Å². The second-order valence-corrected chi connectivity index (χ2v) is 6.49. The maximum absolute atomic E-state index is 12.1. The summed E-state index contributed by atoms with van der Waals surface area (Å²) in [7, 11) is 0. The number of primary amides is 1. The SMILES string of the molecule is CCCNC(CN1CC(C)OC(C)C1)(C(N)=O)C1CC1. The predicted molar refractivity (Wildman–Crippen MR) is 79.4 cm³/mol. The molecule has 0 radical (unpaired) electrons. The molecule has 1 saturated carbocycles. The molecule has 5 nitrogen and oxygen atoms in total. The van der Waals surface area contributed by atoms with Gasteiger partial charge in [0.25, 0.3) is 0 Å². The molecular formula is C15H29N3O2. The number of nitrogens with one attached hydrogen (secondary N) is 1. The van der Waals surface area contributed by atoms with E-state index in [1.165, 1.54) is 0 Å². The number of carbonyl (C=O) groups excluding carboxylic acids is 1. The zero-order valence-corrected chi connectivity index (χ0v) is 13.0.